The number of hydrogen-bond acceptors (Lipinski definition) is 5. The Morgan fingerprint density at radius 3 is 2.25 bits per heavy atom. The molecule has 0 aromatic heterocycles. The first-order valence-electron chi connectivity index (χ1n) is 9.64. The zero-order chi connectivity index (χ0) is 19.9. The van der Waals surface area contributed by atoms with Crippen molar-refractivity contribution in [1.82, 2.24) is 9.80 Å². The minimum absolute atomic E-state index is 0.227. The Hall–Kier alpha value is -2.31. The van der Waals surface area contributed by atoms with Gasteiger partial charge in [0.1, 0.15) is 29.2 Å². The number of benzene rings is 2. The van der Waals surface area contributed by atoms with Gasteiger partial charge in [0.25, 0.3) is 0 Å². The highest BCUT2D eigenvalue weighted by molar-refractivity contribution is 5.42. The highest BCUT2D eigenvalue weighted by atomic mass is 19.1. The SMILES string of the molecule is COc1ccc(OC)c(C(CCN2CCN(C)CC2)Oc2ccc(F)cc2)c1. The molecule has 1 heterocycles. The summed E-state index contributed by atoms with van der Waals surface area (Å²) in [7, 11) is 5.45. The predicted octanol–water partition coefficient (Wildman–Crippen LogP) is 3.60. The van der Waals surface area contributed by atoms with E-state index in [1.807, 2.05) is 18.2 Å². The molecule has 152 valence electrons. The molecule has 28 heavy (non-hydrogen) atoms. The first-order chi connectivity index (χ1) is 13.6. The van der Waals surface area contributed by atoms with Gasteiger partial charge in [0.2, 0.25) is 0 Å². The number of halogens is 1. The van der Waals surface area contributed by atoms with Crippen LogP contribution in [-0.4, -0.2) is 63.8 Å². The van der Waals surface area contributed by atoms with Gasteiger partial charge >= 0.3 is 0 Å². The molecule has 2 aromatic rings. The van der Waals surface area contributed by atoms with Crippen LogP contribution in [0.2, 0.25) is 0 Å². The van der Waals surface area contributed by atoms with Gasteiger partial charge in [-0.25, -0.2) is 4.39 Å². The number of nitrogens with zero attached hydrogens (tertiary/aromatic N) is 2. The number of likely N-dealkylation sites (N-methyl/N-ethyl adjacent to an activating group) is 1. The third-order valence-corrected chi connectivity index (χ3v) is 5.18. The number of hydrogen-bond donors (Lipinski definition) is 0. The lowest BCUT2D eigenvalue weighted by atomic mass is 10.0. The van der Waals surface area contributed by atoms with Gasteiger partial charge in [0.05, 0.1) is 14.2 Å². The van der Waals surface area contributed by atoms with E-state index in [1.165, 1.54) is 12.1 Å². The molecule has 3 rings (SSSR count). The fourth-order valence-electron chi connectivity index (χ4n) is 3.42. The average Bonchev–Trinajstić information content (AvgIpc) is 2.73. The highest BCUT2D eigenvalue weighted by Gasteiger charge is 2.22. The van der Waals surface area contributed by atoms with Gasteiger partial charge in [0.15, 0.2) is 0 Å². The van der Waals surface area contributed by atoms with Crippen LogP contribution in [-0.2, 0) is 0 Å². The van der Waals surface area contributed by atoms with Crippen molar-refractivity contribution in [2.24, 2.45) is 0 Å². The quantitative estimate of drug-likeness (QED) is 0.690. The van der Waals surface area contributed by atoms with E-state index in [0.29, 0.717) is 5.75 Å². The Morgan fingerprint density at radius 2 is 1.61 bits per heavy atom. The standard InChI is InChI=1S/C22H29FN2O3/c1-24-12-14-25(15-13-24)11-10-22(28-18-6-4-17(23)5-7-18)20-16-19(26-2)8-9-21(20)27-3/h4-9,16,22H,10-15H2,1-3H3. The summed E-state index contributed by atoms with van der Waals surface area (Å²) in [5, 5.41) is 0. The van der Waals surface area contributed by atoms with Crippen molar-refractivity contribution >= 4 is 0 Å². The van der Waals surface area contributed by atoms with Crippen molar-refractivity contribution in [2.45, 2.75) is 12.5 Å². The van der Waals surface area contributed by atoms with Crippen LogP contribution in [0.15, 0.2) is 42.5 Å². The fraction of sp³-hybridized carbons (Fsp3) is 0.455. The molecule has 1 unspecified atom stereocenters. The molecule has 1 atom stereocenters. The van der Waals surface area contributed by atoms with Crippen molar-refractivity contribution < 1.29 is 18.6 Å². The Morgan fingerprint density at radius 1 is 0.929 bits per heavy atom. The summed E-state index contributed by atoms with van der Waals surface area (Å²) in [6.45, 7) is 5.17. The van der Waals surface area contributed by atoms with Crippen LogP contribution in [0.3, 0.4) is 0 Å². The number of rotatable bonds is 8. The Labute approximate surface area is 166 Å². The Balaban J connectivity index is 1.80. The molecule has 0 aliphatic carbocycles. The number of ether oxygens (including phenoxy) is 3. The van der Waals surface area contributed by atoms with E-state index in [-0.39, 0.29) is 11.9 Å². The molecule has 0 spiro atoms. The zero-order valence-corrected chi connectivity index (χ0v) is 16.9. The number of methoxy groups -OCH3 is 2. The monoisotopic (exact) mass is 388 g/mol. The fourth-order valence-corrected chi connectivity index (χ4v) is 3.42. The summed E-state index contributed by atoms with van der Waals surface area (Å²) >= 11 is 0. The minimum Gasteiger partial charge on any atom is -0.497 e. The van der Waals surface area contributed by atoms with Crippen molar-refractivity contribution in [3.05, 3.63) is 53.8 Å². The first kappa shape index (κ1) is 20.4. The summed E-state index contributed by atoms with van der Waals surface area (Å²) in [6, 6.07) is 11.9. The second kappa shape index (κ2) is 9.75. The molecule has 1 saturated heterocycles. The predicted molar refractivity (Wildman–Crippen MR) is 108 cm³/mol. The van der Waals surface area contributed by atoms with Gasteiger partial charge in [-0.2, -0.15) is 0 Å². The Bertz CT molecular complexity index is 746. The second-order valence-electron chi connectivity index (χ2n) is 7.10. The molecular formula is C22H29FN2O3. The van der Waals surface area contributed by atoms with Gasteiger partial charge in [-0.3, -0.25) is 0 Å². The molecule has 0 saturated carbocycles. The lowest BCUT2D eigenvalue weighted by molar-refractivity contribution is 0.122. The zero-order valence-electron chi connectivity index (χ0n) is 16.9. The largest absolute Gasteiger partial charge is 0.497 e. The topological polar surface area (TPSA) is 34.2 Å². The third-order valence-electron chi connectivity index (χ3n) is 5.18. The van der Waals surface area contributed by atoms with E-state index >= 15 is 0 Å². The van der Waals surface area contributed by atoms with Crippen LogP contribution >= 0.6 is 0 Å². The van der Waals surface area contributed by atoms with Crippen LogP contribution in [0.5, 0.6) is 17.2 Å². The van der Waals surface area contributed by atoms with Gasteiger partial charge in [0, 0.05) is 44.7 Å². The maximum atomic E-state index is 13.3. The molecular weight excluding hydrogens is 359 g/mol. The van der Waals surface area contributed by atoms with Crippen molar-refractivity contribution in [1.29, 1.82) is 0 Å². The van der Waals surface area contributed by atoms with Crippen LogP contribution in [0.1, 0.15) is 18.1 Å². The highest BCUT2D eigenvalue weighted by Crippen LogP contribution is 2.34. The summed E-state index contributed by atoms with van der Waals surface area (Å²) in [5.41, 5.74) is 0.931. The molecule has 5 nitrogen and oxygen atoms in total. The molecule has 2 aromatic carbocycles. The van der Waals surface area contributed by atoms with E-state index in [2.05, 4.69) is 16.8 Å². The van der Waals surface area contributed by atoms with Crippen LogP contribution in [0.25, 0.3) is 0 Å². The molecule has 0 radical (unpaired) electrons. The first-order valence-corrected chi connectivity index (χ1v) is 9.64. The van der Waals surface area contributed by atoms with Crippen LogP contribution in [0, 0.1) is 5.82 Å². The van der Waals surface area contributed by atoms with Crippen LogP contribution in [0.4, 0.5) is 4.39 Å². The maximum Gasteiger partial charge on any atom is 0.129 e. The summed E-state index contributed by atoms with van der Waals surface area (Å²) < 4.78 is 30.5. The summed E-state index contributed by atoms with van der Waals surface area (Å²) in [6.07, 6.45) is 0.570. The molecule has 0 bridgehead atoms. The molecule has 1 aliphatic heterocycles. The lowest BCUT2D eigenvalue weighted by Gasteiger charge is -2.33. The minimum atomic E-state index is -0.278. The van der Waals surface area contributed by atoms with Crippen LogP contribution < -0.4 is 14.2 Å². The van der Waals surface area contributed by atoms with Crippen molar-refractivity contribution in [3.8, 4) is 17.2 Å². The summed E-state index contributed by atoms with van der Waals surface area (Å²) in [5.74, 6) is 1.87. The van der Waals surface area contributed by atoms with Gasteiger partial charge < -0.3 is 24.0 Å². The van der Waals surface area contributed by atoms with E-state index in [0.717, 1.165) is 56.2 Å². The van der Waals surface area contributed by atoms with Crippen molar-refractivity contribution in [3.63, 3.8) is 0 Å². The van der Waals surface area contributed by atoms with Gasteiger partial charge in [-0.1, -0.05) is 0 Å². The molecule has 6 heteroatoms. The van der Waals surface area contributed by atoms with E-state index in [9.17, 15) is 4.39 Å². The molecule has 0 N–H and O–H groups in total. The molecule has 1 fully saturated rings. The van der Waals surface area contributed by atoms with E-state index < -0.39 is 0 Å². The van der Waals surface area contributed by atoms with Gasteiger partial charge in [-0.05, 0) is 49.5 Å². The Kier molecular flexibility index (Phi) is 7.12. The molecule has 0 amide bonds. The maximum absolute atomic E-state index is 13.3. The van der Waals surface area contributed by atoms with E-state index in [4.69, 9.17) is 14.2 Å². The normalized spacial score (nSPS) is 16.6. The smallest absolute Gasteiger partial charge is 0.129 e. The van der Waals surface area contributed by atoms with Crippen molar-refractivity contribution in [2.75, 3.05) is 54.0 Å². The third kappa shape index (κ3) is 5.36. The second-order valence-corrected chi connectivity index (χ2v) is 7.10. The van der Waals surface area contributed by atoms with Gasteiger partial charge in [-0.15, -0.1) is 0 Å². The average molecular weight is 388 g/mol. The van der Waals surface area contributed by atoms with E-state index in [1.54, 1.807) is 26.4 Å². The lowest BCUT2D eigenvalue weighted by Crippen LogP contribution is -2.45. The molecule has 1 aliphatic rings. The summed E-state index contributed by atoms with van der Waals surface area (Å²) in [4.78, 5) is 4.79. The number of piperazine rings is 1.